The molecular weight excluding hydrogens is 263 g/mol. The van der Waals surface area contributed by atoms with Crippen LogP contribution in [0.3, 0.4) is 0 Å². The zero-order chi connectivity index (χ0) is 15.9. The third-order valence-electron chi connectivity index (χ3n) is 1.30. The Hall–Kier alpha value is -0.980. The summed E-state index contributed by atoms with van der Waals surface area (Å²) in [6, 6.07) is 0. The SMILES string of the molecule is CC(C)(C)OC(C)(C)C.O=C(O)NCCC(F)(F)F. The average molecular weight is 287 g/mol. The Balaban J connectivity index is 0. The van der Waals surface area contributed by atoms with Gasteiger partial charge < -0.3 is 15.2 Å². The van der Waals surface area contributed by atoms with E-state index < -0.39 is 25.2 Å². The molecule has 0 bridgehead atoms. The second kappa shape index (κ2) is 7.57. The first-order valence-electron chi connectivity index (χ1n) is 5.86. The standard InChI is InChI=1S/C8H18O.C4H6F3NO2/c1-7(2,3)9-8(4,5)6;5-4(6,7)1-2-8-3(9)10/h1-6H3;8H,1-2H2,(H,9,10). The van der Waals surface area contributed by atoms with Crippen molar-refractivity contribution in [2.45, 2.75) is 65.3 Å². The van der Waals surface area contributed by atoms with E-state index in [9.17, 15) is 18.0 Å². The topological polar surface area (TPSA) is 58.6 Å². The first-order chi connectivity index (χ1) is 8.12. The van der Waals surface area contributed by atoms with E-state index in [1.165, 1.54) is 0 Å². The molecule has 0 aliphatic carbocycles. The van der Waals surface area contributed by atoms with Crippen LogP contribution in [0, 0.1) is 0 Å². The molecule has 0 fully saturated rings. The molecular formula is C12H24F3NO3. The Kier molecular flexibility index (Phi) is 8.10. The largest absolute Gasteiger partial charge is 0.465 e. The molecule has 0 aromatic rings. The van der Waals surface area contributed by atoms with Crippen molar-refractivity contribution in [3.8, 4) is 0 Å². The Morgan fingerprint density at radius 1 is 1.05 bits per heavy atom. The molecule has 0 heterocycles. The molecule has 0 aliphatic rings. The summed E-state index contributed by atoms with van der Waals surface area (Å²) in [5.74, 6) is 0. The molecule has 0 unspecified atom stereocenters. The van der Waals surface area contributed by atoms with Crippen molar-refractivity contribution in [1.82, 2.24) is 5.32 Å². The lowest BCUT2D eigenvalue weighted by atomic mass is 10.1. The predicted octanol–water partition coefficient (Wildman–Crippen LogP) is 3.81. The highest BCUT2D eigenvalue weighted by Crippen LogP contribution is 2.18. The molecule has 0 radical (unpaired) electrons. The number of rotatable bonds is 2. The Labute approximate surface area is 112 Å². The van der Waals surface area contributed by atoms with Gasteiger partial charge in [-0.15, -0.1) is 0 Å². The van der Waals surface area contributed by atoms with Crippen LogP contribution in [-0.4, -0.2) is 35.1 Å². The lowest BCUT2D eigenvalue weighted by Crippen LogP contribution is -2.31. The van der Waals surface area contributed by atoms with Gasteiger partial charge in [-0.1, -0.05) is 0 Å². The maximum Gasteiger partial charge on any atom is 0.404 e. The van der Waals surface area contributed by atoms with Crippen molar-refractivity contribution in [2.75, 3.05) is 6.54 Å². The number of amides is 1. The van der Waals surface area contributed by atoms with E-state index in [0.29, 0.717) is 0 Å². The summed E-state index contributed by atoms with van der Waals surface area (Å²) >= 11 is 0. The molecule has 0 saturated heterocycles. The zero-order valence-corrected chi connectivity index (χ0v) is 12.3. The fraction of sp³-hybridized carbons (Fsp3) is 0.917. The molecule has 1 amide bonds. The highest BCUT2D eigenvalue weighted by Gasteiger charge is 2.26. The lowest BCUT2D eigenvalue weighted by molar-refractivity contribution is -0.133. The number of carbonyl (C=O) groups is 1. The van der Waals surface area contributed by atoms with Gasteiger partial charge in [-0.3, -0.25) is 0 Å². The fourth-order valence-corrected chi connectivity index (χ4v) is 1.23. The van der Waals surface area contributed by atoms with Crippen molar-refractivity contribution >= 4 is 6.09 Å². The first-order valence-corrected chi connectivity index (χ1v) is 5.86. The van der Waals surface area contributed by atoms with E-state index in [2.05, 4.69) is 41.5 Å². The van der Waals surface area contributed by atoms with Gasteiger partial charge in [-0.25, -0.2) is 4.79 Å². The smallest absolute Gasteiger partial charge is 0.404 e. The Morgan fingerprint density at radius 2 is 1.42 bits per heavy atom. The highest BCUT2D eigenvalue weighted by atomic mass is 19.4. The summed E-state index contributed by atoms with van der Waals surface area (Å²) < 4.78 is 39.4. The highest BCUT2D eigenvalue weighted by molar-refractivity contribution is 5.64. The second-order valence-corrected chi connectivity index (χ2v) is 5.92. The van der Waals surface area contributed by atoms with Crippen LogP contribution in [0.2, 0.25) is 0 Å². The summed E-state index contributed by atoms with van der Waals surface area (Å²) in [7, 11) is 0. The number of nitrogens with one attached hydrogen (secondary N) is 1. The summed E-state index contributed by atoms with van der Waals surface area (Å²) in [5.41, 5.74) is -0.0312. The van der Waals surface area contributed by atoms with Gasteiger partial charge in [0.2, 0.25) is 0 Å². The molecule has 2 N–H and O–H groups in total. The minimum atomic E-state index is -4.29. The number of ether oxygens (including phenoxy) is 1. The van der Waals surface area contributed by atoms with E-state index >= 15 is 0 Å². The lowest BCUT2D eigenvalue weighted by Gasteiger charge is -2.30. The van der Waals surface area contributed by atoms with Gasteiger partial charge in [0.25, 0.3) is 0 Å². The normalized spacial score (nSPS) is 12.5. The van der Waals surface area contributed by atoms with E-state index in [4.69, 9.17) is 9.84 Å². The van der Waals surface area contributed by atoms with E-state index in [1.54, 1.807) is 5.32 Å². The minimum Gasteiger partial charge on any atom is -0.465 e. The van der Waals surface area contributed by atoms with Gasteiger partial charge in [0, 0.05) is 6.54 Å². The van der Waals surface area contributed by atoms with E-state index in [0.717, 1.165) is 0 Å². The summed E-state index contributed by atoms with van der Waals surface area (Å²) in [5, 5.41) is 9.43. The molecule has 4 nitrogen and oxygen atoms in total. The second-order valence-electron chi connectivity index (χ2n) is 5.92. The molecule has 0 aromatic carbocycles. The molecule has 19 heavy (non-hydrogen) atoms. The third kappa shape index (κ3) is 26.6. The Bertz CT molecular complexity index is 253. The summed E-state index contributed by atoms with van der Waals surface area (Å²) in [6.07, 6.45) is -6.86. The van der Waals surface area contributed by atoms with Gasteiger partial charge >= 0.3 is 12.3 Å². The van der Waals surface area contributed by atoms with Crippen LogP contribution in [0.15, 0.2) is 0 Å². The van der Waals surface area contributed by atoms with Gasteiger partial charge in [-0.2, -0.15) is 13.2 Å². The van der Waals surface area contributed by atoms with Crippen molar-refractivity contribution in [3.63, 3.8) is 0 Å². The van der Waals surface area contributed by atoms with Gasteiger partial charge in [-0.05, 0) is 41.5 Å². The van der Waals surface area contributed by atoms with Crippen LogP contribution >= 0.6 is 0 Å². The Morgan fingerprint density at radius 3 is 1.58 bits per heavy atom. The molecule has 0 rings (SSSR count). The number of carboxylic acid groups (broad SMARTS) is 1. The van der Waals surface area contributed by atoms with Crippen molar-refractivity contribution in [2.24, 2.45) is 0 Å². The number of alkyl halides is 3. The third-order valence-corrected chi connectivity index (χ3v) is 1.30. The molecule has 0 aromatic heterocycles. The number of hydrogen-bond donors (Lipinski definition) is 2. The number of halogens is 3. The van der Waals surface area contributed by atoms with Crippen molar-refractivity contribution in [3.05, 3.63) is 0 Å². The average Bonchev–Trinajstić information content (AvgIpc) is 1.92. The zero-order valence-electron chi connectivity index (χ0n) is 12.3. The molecule has 0 spiro atoms. The molecule has 0 atom stereocenters. The van der Waals surface area contributed by atoms with Crippen LogP contribution in [0.4, 0.5) is 18.0 Å². The molecule has 7 heteroatoms. The van der Waals surface area contributed by atoms with Crippen LogP contribution in [0.25, 0.3) is 0 Å². The van der Waals surface area contributed by atoms with Gasteiger partial charge in [0.15, 0.2) is 0 Å². The van der Waals surface area contributed by atoms with Crippen molar-refractivity contribution in [1.29, 1.82) is 0 Å². The maximum atomic E-state index is 11.3. The van der Waals surface area contributed by atoms with E-state index in [1.807, 2.05) is 0 Å². The fourth-order valence-electron chi connectivity index (χ4n) is 1.23. The summed E-state index contributed by atoms with van der Waals surface area (Å²) in [6.45, 7) is 11.8. The molecule has 116 valence electrons. The van der Waals surface area contributed by atoms with Crippen LogP contribution < -0.4 is 5.32 Å². The molecule has 0 saturated carbocycles. The predicted molar refractivity (Wildman–Crippen MR) is 67.3 cm³/mol. The van der Waals surface area contributed by atoms with Gasteiger partial charge in [0.05, 0.1) is 17.6 Å². The van der Waals surface area contributed by atoms with Crippen LogP contribution in [0.1, 0.15) is 48.0 Å². The minimum absolute atomic E-state index is 0.0156. The van der Waals surface area contributed by atoms with E-state index in [-0.39, 0.29) is 11.2 Å². The van der Waals surface area contributed by atoms with Crippen molar-refractivity contribution < 1.29 is 27.8 Å². The quantitative estimate of drug-likeness (QED) is 0.812. The van der Waals surface area contributed by atoms with Gasteiger partial charge in [0.1, 0.15) is 0 Å². The maximum absolute atomic E-state index is 11.3. The van der Waals surface area contributed by atoms with Crippen LogP contribution in [0.5, 0.6) is 0 Å². The monoisotopic (exact) mass is 287 g/mol. The summed E-state index contributed by atoms with van der Waals surface area (Å²) in [4.78, 5) is 9.61. The van der Waals surface area contributed by atoms with Crippen LogP contribution in [-0.2, 0) is 4.74 Å². The first kappa shape index (κ1) is 20.3. The number of hydrogen-bond acceptors (Lipinski definition) is 2. The molecule has 0 aliphatic heterocycles.